The van der Waals surface area contributed by atoms with Crippen molar-refractivity contribution in [1.29, 1.82) is 0 Å². The SMILES string of the molecule is CC(C=O)CC1c2cn[nH]c2CC(C)N1S(=O)(=O)c1ccc(Cl)cc1. The molecule has 0 spiro atoms. The van der Waals surface area contributed by atoms with E-state index in [0.29, 0.717) is 17.9 Å². The van der Waals surface area contributed by atoms with Gasteiger partial charge in [-0.1, -0.05) is 18.5 Å². The van der Waals surface area contributed by atoms with Crippen LogP contribution in [0.25, 0.3) is 0 Å². The van der Waals surface area contributed by atoms with Gasteiger partial charge in [-0.2, -0.15) is 9.40 Å². The summed E-state index contributed by atoms with van der Waals surface area (Å²) < 4.78 is 28.1. The lowest BCUT2D eigenvalue weighted by atomic mass is 9.91. The highest BCUT2D eigenvalue weighted by Crippen LogP contribution is 2.40. The van der Waals surface area contributed by atoms with Gasteiger partial charge in [0.25, 0.3) is 0 Å². The summed E-state index contributed by atoms with van der Waals surface area (Å²) in [6.45, 7) is 3.66. The van der Waals surface area contributed by atoms with Crippen LogP contribution < -0.4 is 0 Å². The number of fused-ring (bicyclic) bond motifs is 1. The number of carbonyl (C=O) groups is 1. The van der Waals surface area contributed by atoms with Crippen LogP contribution in [0.3, 0.4) is 0 Å². The summed E-state index contributed by atoms with van der Waals surface area (Å²) in [7, 11) is -3.73. The monoisotopic (exact) mass is 381 g/mol. The average Bonchev–Trinajstić information content (AvgIpc) is 3.03. The predicted octanol–water partition coefficient (Wildman–Crippen LogP) is 2.96. The van der Waals surface area contributed by atoms with E-state index in [1.165, 1.54) is 16.4 Å². The second-order valence-electron chi connectivity index (χ2n) is 6.51. The van der Waals surface area contributed by atoms with Crippen molar-refractivity contribution in [3.8, 4) is 0 Å². The van der Waals surface area contributed by atoms with Crippen LogP contribution in [-0.4, -0.2) is 35.2 Å². The van der Waals surface area contributed by atoms with Crippen molar-refractivity contribution in [2.45, 2.75) is 43.7 Å². The minimum absolute atomic E-state index is 0.194. The van der Waals surface area contributed by atoms with Crippen molar-refractivity contribution in [1.82, 2.24) is 14.5 Å². The molecule has 1 aliphatic rings. The standard InChI is InChI=1S/C17H20ClN3O3S/c1-11(10-22)7-17-15-9-19-20-16(15)8-12(2)21(17)25(23,24)14-5-3-13(18)4-6-14/h3-6,9-12,17H,7-8H2,1-2H3,(H,19,20). The molecule has 1 N–H and O–H groups in total. The van der Waals surface area contributed by atoms with Crippen LogP contribution in [0.5, 0.6) is 0 Å². The third-order valence-corrected chi connectivity index (χ3v) is 6.86. The Bertz CT molecular complexity index is 864. The summed E-state index contributed by atoms with van der Waals surface area (Å²) in [4.78, 5) is 11.4. The van der Waals surface area contributed by atoms with E-state index in [9.17, 15) is 13.2 Å². The summed E-state index contributed by atoms with van der Waals surface area (Å²) in [6.07, 6.45) is 3.47. The van der Waals surface area contributed by atoms with Crippen molar-refractivity contribution in [3.63, 3.8) is 0 Å². The maximum absolute atomic E-state index is 13.3. The predicted molar refractivity (Wildman–Crippen MR) is 94.8 cm³/mol. The first-order chi connectivity index (χ1) is 11.8. The van der Waals surface area contributed by atoms with Gasteiger partial charge in [0.05, 0.1) is 17.1 Å². The molecular formula is C17H20ClN3O3S. The third kappa shape index (κ3) is 3.36. The molecule has 3 atom stereocenters. The maximum Gasteiger partial charge on any atom is 0.243 e. The van der Waals surface area contributed by atoms with Crippen molar-refractivity contribution >= 4 is 27.9 Å². The second kappa shape index (κ2) is 6.90. The van der Waals surface area contributed by atoms with Gasteiger partial charge in [0.15, 0.2) is 0 Å². The molecule has 1 aromatic carbocycles. The van der Waals surface area contributed by atoms with Crippen LogP contribution in [0.4, 0.5) is 0 Å². The number of hydrogen-bond acceptors (Lipinski definition) is 4. The Morgan fingerprint density at radius 2 is 2.08 bits per heavy atom. The van der Waals surface area contributed by atoms with Gasteiger partial charge in [0.2, 0.25) is 10.0 Å². The molecule has 0 amide bonds. The molecule has 0 fully saturated rings. The van der Waals surface area contributed by atoms with E-state index in [1.807, 2.05) is 6.92 Å². The van der Waals surface area contributed by atoms with Gasteiger partial charge in [0, 0.05) is 34.7 Å². The van der Waals surface area contributed by atoms with Gasteiger partial charge in [-0.15, -0.1) is 0 Å². The van der Waals surface area contributed by atoms with Crippen LogP contribution >= 0.6 is 11.6 Å². The number of H-pyrrole nitrogens is 1. The molecule has 0 radical (unpaired) electrons. The summed E-state index contributed by atoms with van der Waals surface area (Å²) in [5.74, 6) is -0.263. The lowest BCUT2D eigenvalue weighted by Gasteiger charge is -2.39. The topological polar surface area (TPSA) is 83.1 Å². The first kappa shape index (κ1) is 18.1. The van der Waals surface area contributed by atoms with E-state index < -0.39 is 16.1 Å². The molecule has 3 rings (SSSR count). The summed E-state index contributed by atoms with van der Waals surface area (Å²) >= 11 is 5.89. The fourth-order valence-electron chi connectivity index (χ4n) is 3.37. The van der Waals surface area contributed by atoms with Crippen molar-refractivity contribution in [2.75, 3.05) is 0 Å². The van der Waals surface area contributed by atoms with Crippen LogP contribution in [0, 0.1) is 5.92 Å². The molecule has 0 saturated carbocycles. The lowest BCUT2D eigenvalue weighted by molar-refractivity contribution is -0.111. The van der Waals surface area contributed by atoms with Crippen molar-refractivity contribution in [3.05, 3.63) is 46.7 Å². The Morgan fingerprint density at radius 1 is 1.40 bits per heavy atom. The number of halogens is 1. The third-order valence-electron chi connectivity index (χ3n) is 4.57. The Balaban J connectivity index is 2.07. The van der Waals surface area contributed by atoms with E-state index in [-0.39, 0.29) is 16.9 Å². The molecule has 3 unspecified atom stereocenters. The molecule has 1 aliphatic heterocycles. The van der Waals surface area contributed by atoms with E-state index in [0.717, 1.165) is 17.5 Å². The van der Waals surface area contributed by atoms with Crippen LogP contribution in [0.1, 0.15) is 37.6 Å². The molecule has 0 bridgehead atoms. The average molecular weight is 382 g/mol. The zero-order chi connectivity index (χ0) is 18.2. The molecular weight excluding hydrogens is 362 g/mol. The zero-order valence-corrected chi connectivity index (χ0v) is 15.6. The van der Waals surface area contributed by atoms with Crippen molar-refractivity contribution < 1.29 is 13.2 Å². The summed E-state index contributed by atoms with van der Waals surface area (Å²) in [5.41, 5.74) is 1.77. The highest BCUT2D eigenvalue weighted by molar-refractivity contribution is 7.89. The number of nitrogens with one attached hydrogen (secondary N) is 1. The normalized spacial score (nSPS) is 22.4. The first-order valence-corrected chi connectivity index (χ1v) is 9.93. The van der Waals surface area contributed by atoms with Crippen LogP contribution in [-0.2, 0) is 21.2 Å². The Labute approximate surface area is 152 Å². The van der Waals surface area contributed by atoms with E-state index >= 15 is 0 Å². The Kier molecular flexibility index (Phi) is 4.99. The van der Waals surface area contributed by atoms with Gasteiger partial charge in [-0.25, -0.2) is 8.42 Å². The molecule has 1 aromatic heterocycles. The van der Waals surface area contributed by atoms with Gasteiger partial charge in [-0.3, -0.25) is 5.10 Å². The molecule has 2 heterocycles. The zero-order valence-electron chi connectivity index (χ0n) is 14.0. The van der Waals surface area contributed by atoms with Gasteiger partial charge in [0.1, 0.15) is 6.29 Å². The summed E-state index contributed by atoms with van der Waals surface area (Å²) in [5, 5.41) is 7.50. The molecule has 8 heteroatoms. The number of benzene rings is 1. The van der Waals surface area contributed by atoms with Crippen molar-refractivity contribution in [2.24, 2.45) is 5.92 Å². The molecule has 6 nitrogen and oxygen atoms in total. The Hall–Kier alpha value is -1.70. The van der Waals surface area contributed by atoms with Crippen LogP contribution in [0.2, 0.25) is 5.02 Å². The minimum Gasteiger partial charge on any atom is -0.303 e. The lowest BCUT2D eigenvalue weighted by Crippen LogP contribution is -2.46. The van der Waals surface area contributed by atoms with E-state index in [4.69, 9.17) is 11.6 Å². The fraction of sp³-hybridized carbons (Fsp3) is 0.412. The Morgan fingerprint density at radius 3 is 2.72 bits per heavy atom. The number of aldehydes is 1. The highest BCUT2D eigenvalue weighted by atomic mass is 35.5. The number of hydrogen-bond donors (Lipinski definition) is 1. The van der Waals surface area contributed by atoms with E-state index in [1.54, 1.807) is 25.3 Å². The van der Waals surface area contributed by atoms with E-state index in [2.05, 4.69) is 10.2 Å². The number of sulfonamides is 1. The fourth-order valence-corrected chi connectivity index (χ4v) is 5.31. The molecule has 0 aliphatic carbocycles. The van der Waals surface area contributed by atoms with Gasteiger partial charge in [-0.05, 0) is 37.6 Å². The molecule has 2 aromatic rings. The van der Waals surface area contributed by atoms with Gasteiger partial charge >= 0.3 is 0 Å². The number of carbonyl (C=O) groups excluding carboxylic acids is 1. The minimum atomic E-state index is -3.73. The van der Waals surface area contributed by atoms with Crippen LogP contribution in [0.15, 0.2) is 35.4 Å². The number of aromatic amines is 1. The largest absolute Gasteiger partial charge is 0.303 e. The quantitative estimate of drug-likeness (QED) is 0.807. The smallest absolute Gasteiger partial charge is 0.243 e. The summed E-state index contributed by atoms with van der Waals surface area (Å²) in [6, 6.07) is 5.46. The highest BCUT2D eigenvalue weighted by Gasteiger charge is 2.41. The number of rotatable bonds is 5. The number of aromatic nitrogens is 2. The molecule has 25 heavy (non-hydrogen) atoms. The van der Waals surface area contributed by atoms with Gasteiger partial charge < -0.3 is 4.79 Å². The number of nitrogens with zero attached hydrogens (tertiary/aromatic N) is 2. The molecule has 0 saturated heterocycles. The molecule has 134 valence electrons. The maximum atomic E-state index is 13.3. The second-order valence-corrected chi connectivity index (χ2v) is 8.79. The first-order valence-electron chi connectivity index (χ1n) is 8.11.